The van der Waals surface area contributed by atoms with Crippen LogP contribution in [0.4, 0.5) is 13.2 Å². The van der Waals surface area contributed by atoms with Gasteiger partial charge in [0, 0.05) is 6.54 Å². The van der Waals surface area contributed by atoms with Gasteiger partial charge in [-0.25, -0.2) is 0 Å². The predicted octanol–water partition coefficient (Wildman–Crippen LogP) is 4.37. The second-order valence-electron chi connectivity index (χ2n) is 5.48. The molecule has 20 heavy (non-hydrogen) atoms. The summed E-state index contributed by atoms with van der Waals surface area (Å²) in [5.41, 5.74) is 0. The Balaban J connectivity index is 4.09. The quantitative estimate of drug-likeness (QED) is 0.541. The van der Waals surface area contributed by atoms with E-state index >= 15 is 0 Å². The molecule has 0 aliphatic heterocycles. The van der Waals surface area contributed by atoms with Crippen molar-refractivity contribution in [3.63, 3.8) is 0 Å². The van der Waals surface area contributed by atoms with Crippen LogP contribution in [0, 0.1) is 0 Å². The second-order valence-corrected chi connectivity index (χ2v) is 5.48. The van der Waals surface area contributed by atoms with Gasteiger partial charge in [-0.3, -0.25) is 0 Å². The molecule has 0 heterocycles. The highest BCUT2D eigenvalue weighted by atomic mass is 19.4. The number of aliphatic hydroxyl groups excluding tert-OH is 1. The third kappa shape index (κ3) is 10.5. The second kappa shape index (κ2) is 11.4. The van der Waals surface area contributed by atoms with Gasteiger partial charge >= 0.3 is 6.18 Å². The number of halogens is 3. The molecular weight excluding hydrogens is 267 g/mol. The molecule has 0 bridgehead atoms. The topological polar surface area (TPSA) is 23.5 Å². The Labute approximate surface area is 121 Å². The Morgan fingerprint density at radius 2 is 1.30 bits per heavy atom. The van der Waals surface area contributed by atoms with E-state index in [0.717, 1.165) is 51.4 Å². The fourth-order valence-corrected chi connectivity index (χ4v) is 2.17. The number of rotatable bonds is 12. The molecule has 0 spiro atoms. The summed E-state index contributed by atoms with van der Waals surface area (Å²) in [5.74, 6) is 0. The summed E-state index contributed by atoms with van der Waals surface area (Å²) in [7, 11) is 0. The standard InChI is InChI=1S/C15H30F3NO/c1-3-5-7-9-11-19(12-10-8-6-4-2)13-14(20)15(16,17)18/h14,20H,3-13H2,1-2H3. The van der Waals surface area contributed by atoms with Crippen LogP contribution in [0.5, 0.6) is 0 Å². The molecule has 0 saturated carbocycles. The molecule has 0 fully saturated rings. The Morgan fingerprint density at radius 1 is 0.850 bits per heavy atom. The summed E-state index contributed by atoms with van der Waals surface area (Å²) >= 11 is 0. The number of hydrogen-bond acceptors (Lipinski definition) is 2. The molecule has 1 unspecified atom stereocenters. The average molecular weight is 297 g/mol. The number of nitrogens with zero attached hydrogens (tertiary/aromatic N) is 1. The first-order valence-electron chi connectivity index (χ1n) is 7.88. The predicted molar refractivity (Wildman–Crippen MR) is 76.8 cm³/mol. The molecule has 0 aromatic heterocycles. The van der Waals surface area contributed by atoms with Crippen LogP contribution in [0.15, 0.2) is 0 Å². The molecular formula is C15H30F3NO. The number of unbranched alkanes of at least 4 members (excludes halogenated alkanes) is 6. The van der Waals surface area contributed by atoms with Crippen LogP contribution in [0.25, 0.3) is 0 Å². The van der Waals surface area contributed by atoms with Gasteiger partial charge in [-0.05, 0) is 25.9 Å². The summed E-state index contributed by atoms with van der Waals surface area (Å²) in [5, 5.41) is 9.19. The van der Waals surface area contributed by atoms with Crippen molar-refractivity contribution in [2.75, 3.05) is 19.6 Å². The maximum absolute atomic E-state index is 12.4. The summed E-state index contributed by atoms with van der Waals surface area (Å²) in [4.78, 5) is 1.77. The average Bonchev–Trinajstić information content (AvgIpc) is 2.38. The molecule has 1 N–H and O–H groups in total. The van der Waals surface area contributed by atoms with Crippen molar-refractivity contribution >= 4 is 0 Å². The minimum absolute atomic E-state index is 0.290. The van der Waals surface area contributed by atoms with E-state index in [2.05, 4.69) is 13.8 Å². The first kappa shape index (κ1) is 19.7. The SMILES string of the molecule is CCCCCCN(CCCCCC)CC(O)C(F)(F)F. The lowest BCUT2D eigenvalue weighted by atomic mass is 10.1. The molecule has 0 amide bonds. The van der Waals surface area contributed by atoms with Gasteiger partial charge in [0.2, 0.25) is 0 Å². The third-order valence-corrected chi connectivity index (χ3v) is 3.46. The van der Waals surface area contributed by atoms with Gasteiger partial charge in [0.15, 0.2) is 6.10 Å². The highest BCUT2D eigenvalue weighted by Gasteiger charge is 2.38. The van der Waals surface area contributed by atoms with Crippen LogP contribution in [0.1, 0.15) is 65.2 Å². The first-order chi connectivity index (χ1) is 9.41. The third-order valence-electron chi connectivity index (χ3n) is 3.46. The molecule has 122 valence electrons. The smallest absolute Gasteiger partial charge is 0.382 e. The zero-order valence-electron chi connectivity index (χ0n) is 12.9. The van der Waals surface area contributed by atoms with E-state index in [-0.39, 0.29) is 6.54 Å². The van der Waals surface area contributed by atoms with E-state index in [4.69, 9.17) is 0 Å². The van der Waals surface area contributed by atoms with Gasteiger partial charge in [0.25, 0.3) is 0 Å². The summed E-state index contributed by atoms with van der Waals surface area (Å²) in [6, 6.07) is 0. The van der Waals surface area contributed by atoms with E-state index in [1.807, 2.05) is 0 Å². The Morgan fingerprint density at radius 3 is 1.65 bits per heavy atom. The maximum Gasteiger partial charge on any atom is 0.415 e. The first-order valence-corrected chi connectivity index (χ1v) is 7.88. The fraction of sp³-hybridized carbons (Fsp3) is 1.00. The van der Waals surface area contributed by atoms with Crippen molar-refractivity contribution in [2.24, 2.45) is 0 Å². The Hall–Kier alpha value is -0.290. The van der Waals surface area contributed by atoms with Crippen LogP contribution in [0.2, 0.25) is 0 Å². The number of hydrogen-bond donors (Lipinski definition) is 1. The normalized spacial score (nSPS) is 13.9. The molecule has 2 nitrogen and oxygen atoms in total. The van der Waals surface area contributed by atoms with Crippen LogP contribution in [0.3, 0.4) is 0 Å². The van der Waals surface area contributed by atoms with Crippen LogP contribution < -0.4 is 0 Å². The Bertz CT molecular complexity index is 210. The minimum Gasteiger partial charge on any atom is -0.382 e. The van der Waals surface area contributed by atoms with Crippen molar-refractivity contribution in [1.82, 2.24) is 4.90 Å². The molecule has 0 radical (unpaired) electrons. The van der Waals surface area contributed by atoms with Crippen LogP contribution >= 0.6 is 0 Å². The zero-order chi connectivity index (χ0) is 15.4. The maximum atomic E-state index is 12.4. The van der Waals surface area contributed by atoms with Gasteiger partial charge < -0.3 is 10.0 Å². The van der Waals surface area contributed by atoms with E-state index in [0.29, 0.717) is 13.1 Å². The lowest BCUT2D eigenvalue weighted by Gasteiger charge is -2.26. The highest BCUT2D eigenvalue weighted by molar-refractivity contribution is 4.71. The monoisotopic (exact) mass is 297 g/mol. The molecule has 0 rings (SSSR count). The van der Waals surface area contributed by atoms with E-state index < -0.39 is 12.3 Å². The lowest BCUT2D eigenvalue weighted by Crippen LogP contribution is -2.41. The van der Waals surface area contributed by atoms with Crippen LogP contribution in [-0.4, -0.2) is 41.9 Å². The van der Waals surface area contributed by atoms with Gasteiger partial charge in [-0.2, -0.15) is 13.2 Å². The minimum atomic E-state index is -4.51. The van der Waals surface area contributed by atoms with Crippen molar-refractivity contribution in [2.45, 2.75) is 77.5 Å². The Kier molecular flexibility index (Phi) is 11.2. The van der Waals surface area contributed by atoms with Gasteiger partial charge in [0.1, 0.15) is 0 Å². The van der Waals surface area contributed by atoms with Crippen LogP contribution in [-0.2, 0) is 0 Å². The van der Waals surface area contributed by atoms with E-state index in [1.54, 1.807) is 4.90 Å². The van der Waals surface area contributed by atoms with Gasteiger partial charge in [-0.1, -0.05) is 52.4 Å². The number of alkyl halides is 3. The molecule has 0 aliphatic rings. The zero-order valence-corrected chi connectivity index (χ0v) is 12.9. The van der Waals surface area contributed by atoms with E-state index in [9.17, 15) is 18.3 Å². The molecule has 0 saturated heterocycles. The van der Waals surface area contributed by atoms with Crippen molar-refractivity contribution in [3.8, 4) is 0 Å². The van der Waals surface area contributed by atoms with Gasteiger partial charge in [0.05, 0.1) is 0 Å². The fourth-order valence-electron chi connectivity index (χ4n) is 2.17. The largest absolute Gasteiger partial charge is 0.415 e. The molecule has 1 atom stereocenters. The van der Waals surface area contributed by atoms with Crippen molar-refractivity contribution in [3.05, 3.63) is 0 Å². The van der Waals surface area contributed by atoms with E-state index in [1.165, 1.54) is 0 Å². The van der Waals surface area contributed by atoms with Gasteiger partial charge in [-0.15, -0.1) is 0 Å². The highest BCUT2D eigenvalue weighted by Crippen LogP contribution is 2.21. The molecule has 0 aromatic carbocycles. The molecule has 0 aliphatic carbocycles. The molecule has 0 aromatic rings. The summed E-state index contributed by atoms with van der Waals surface area (Å²) < 4.78 is 37.3. The molecule has 5 heteroatoms. The lowest BCUT2D eigenvalue weighted by molar-refractivity contribution is -0.208. The number of aliphatic hydroxyl groups is 1. The van der Waals surface area contributed by atoms with Crippen molar-refractivity contribution in [1.29, 1.82) is 0 Å². The van der Waals surface area contributed by atoms with Crippen molar-refractivity contribution < 1.29 is 18.3 Å². The summed E-state index contributed by atoms with van der Waals surface area (Å²) in [6.07, 6.45) is 1.64. The summed E-state index contributed by atoms with van der Waals surface area (Å²) in [6.45, 7) is 5.23.